The topological polar surface area (TPSA) is 64.4 Å². The average Bonchev–Trinajstić information content (AvgIpc) is 3.27. The van der Waals surface area contributed by atoms with Crippen molar-refractivity contribution in [2.45, 2.75) is 0 Å². The number of anilines is 1. The van der Waals surface area contributed by atoms with Gasteiger partial charge >= 0.3 is 0 Å². The maximum absolute atomic E-state index is 12.4. The molecule has 130 valence electrons. The van der Waals surface area contributed by atoms with Gasteiger partial charge < -0.3 is 9.15 Å². The van der Waals surface area contributed by atoms with Gasteiger partial charge in [-0.1, -0.05) is 12.1 Å². The summed E-state index contributed by atoms with van der Waals surface area (Å²) in [6.07, 6.45) is 0. The number of amides is 1. The van der Waals surface area contributed by atoms with Crippen molar-refractivity contribution in [2.75, 3.05) is 12.4 Å². The number of carbonyl (C=O) groups excluding carboxylic acids is 1. The maximum atomic E-state index is 12.4. The number of furan rings is 1. The zero-order valence-electron chi connectivity index (χ0n) is 13.7. The molecular weight excluding hydrogens is 416 g/mol. The van der Waals surface area contributed by atoms with E-state index >= 15 is 0 Å². The fraction of sp³-hybridized carbons (Fsp3) is 0.0526. The van der Waals surface area contributed by atoms with E-state index in [0.29, 0.717) is 22.1 Å². The number of aromatic nitrogens is 1. The van der Waals surface area contributed by atoms with Gasteiger partial charge in [-0.2, -0.15) is 0 Å². The van der Waals surface area contributed by atoms with E-state index in [9.17, 15) is 4.79 Å². The Morgan fingerprint density at radius 3 is 2.88 bits per heavy atom. The highest BCUT2D eigenvalue weighted by molar-refractivity contribution is 9.10. The number of hydrogen-bond donors (Lipinski definition) is 1. The van der Waals surface area contributed by atoms with E-state index in [1.807, 2.05) is 47.8 Å². The molecule has 2 aromatic carbocycles. The van der Waals surface area contributed by atoms with E-state index in [1.165, 1.54) is 11.3 Å². The first kappa shape index (κ1) is 16.8. The summed E-state index contributed by atoms with van der Waals surface area (Å²) in [5.74, 6) is 1.20. The number of fused-ring (bicyclic) bond motifs is 1. The van der Waals surface area contributed by atoms with E-state index < -0.39 is 0 Å². The lowest BCUT2D eigenvalue weighted by molar-refractivity contribution is 0.102. The number of methoxy groups -OCH3 is 1. The summed E-state index contributed by atoms with van der Waals surface area (Å²) in [6, 6.07) is 14.8. The minimum absolute atomic E-state index is 0.215. The third-order valence-corrected chi connectivity index (χ3v) is 5.27. The van der Waals surface area contributed by atoms with E-state index in [4.69, 9.17) is 9.15 Å². The van der Waals surface area contributed by atoms with Crippen molar-refractivity contribution in [1.82, 2.24) is 4.98 Å². The lowest BCUT2D eigenvalue weighted by Crippen LogP contribution is -2.12. The molecule has 26 heavy (non-hydrogen) atoms. The Bertz CT molecular complexity index is 1100. The van der Waals surface area contributed by atoms with Gasteiger partial charge in [0.2, 0.25) is 0 Å². The molecule has 0 fully saturated rings. The van der Waals surface area contributed by atoms with Crippen LogP contribution in [0.3, 0.4) is 0 Å². The zero-order chi connectivity index (χ0) is 18.1. The van der Waals surface area contributed by atoms with Crippen molar-refractivity contribution in [3.63, 3.8) is 0 Å². The maximum Gasteiger partial charge on any atom is 0.258 e. The molecule has 0 aliphatic carbocycles. The minimum atomic E-state index is -0.215. The van der Waals surface area contributed by atoms with Gasteiger partial charge in [0.05, 0.1) is 12.7 Å². The third-order valence-electron chi connectivity index (χ3n) is 3.82. The van der Waals surface area contributed by atoms with Crippen LogP contribution in [0.15, 0.2) is 62.8 Å². The molecule has 4 rings (SSSR count). The Morgan fingerprint density at radius 2 is 2.08 bits per heavy atom. The summed E-state index contributed by atoms with van der Waals surface area (Å²) >= 11 is 4.73. The molecule has 0 bridgehead atoms. The van der Waals surface area contributed by atoms with Gasteiger partial charge in [-0.15, -0.1) is 11.3 Å². The fourth-order valence-corrected chi connectivity index (χ4v) is 3.69. The normalized spacial score (nSPS) is 10.8. The number of hydrogen-bond acceptors (Lipinski definition) is 5. The molecule has 0 aliphatic rings. The number of halogens is 1. The Balaban J connectivity index is 1.58. The molecule has 5 nitrogen and oxygen atoms in total. The van der Waals surface area contributed by atoms with E-state index in [2.05, 4.69) is 26.2 Å². The summed E-state index contributed by atoms with van der Waals surface area (Å²) < 4.78 is 11.8. The smallest absolute Gasteiger partial charge is 0.258 e. The number of carbonyl (C=O) groups is 1. The van der Waals surface area contributed by atoms with Crippen molar-refractivity contribution in [3.8, 4) is 17.2 Å². The largest absolute Gasteiger partial charge is 0.497 e. The highest BCUT2D eigenvalue weighted by atomic mass is 79.9. The van der Waals surface area contributed by atoms with E-state index in [0.717, 1.165) is 21.2 Å². The van der Waals surface area contributed by atoms with Gasteiger partial charge in [0, 0.05) is 15.2 Å². The van der Waals surface area contributed by atoms with Crippen LogP contribution in [0.1, 0.15) is 10.4 Å². The Kier molecular flexibility index (Phi) is 4.48. The second kappa shape index (κ2) is 6.93. The van der Waals surface area contributed by atoms with Gasteiger partial charge in [0.15, 0.2) is 10.9 Å². The van der Waals surface area contributed by atoms with Crippen molar-refractivity contribution < 1.29 is 13.9 Å². The first-order valence-corrected chi connectivity index (χ1v) is 9.40. The first-order valence-electron chi connectivity index (χ1n) is 7.73. The predicted octanol–water partition coefficient (Wildman–Crippen LogP) is 5.58. The third kappa shape index (κ3) is 3.23. The number of rotatable bonds is 4. The summed E-state index contributed by atoms with van der Waals surface area (Å²) in [7, 11) is 1.63. The zero-order valence-corrected chi connectivity index (χ0v) is 16.1. The standard InChI is InChI=1S/C19H13BrN2O3S/c1-24-12-6-7-16-11(8-12)9-17(25-16)15-10-26-19(21-15)22-18(23)13-4-2-3-5-14(13)20/h2-10H,1H3,(H,21,22,23). The average molecular weight is 429 g/mol. The molecule has 2 heterocycles. The van der Waals surface area contributed by atoms with Crippen LogP contribution in [0.25, 0.3) is 22.4 Å². The van der Waals surface area contributed by atoms with Crippen LogP contribution in [0.2, 0.25) is 0 Å². The molecule has 0 aliphatic heterocycles. The van der Waals surface area contributed by atoms with Crippen LogP contribution in [0.4, 0.5) is 5.13 Å². The number of ether oxygens (including phenoxy) is 1. The molecule has 0 unspecified atom stereocenters. The van der Waals surface area contributed by atoms with Gasteiger partial charge in [-0.3, -0.25) is 10.1 Å². The second-order valence-corrected chi connectivity index (χ2v) is 7.20. The van der Waals surface area contributed by atoms with E-state index in [-0.39, 0.29) is 5.91 Å². The lowest BCUT2D eigenvalue weighted by atomic mass is 10.2. The summed E-state index contributed by atoms with van der Waals surface area (Å²) in [4.78, 5) is 16.8. The molecule has 4 aromatic rings. The van der Waals surface area contributed by atoms with Gasteiger partial charge in [-0.25, -0.2) is 4.98 Å². The Morgan fingerprint density at radius 1 is 1.23 bits per heavy atom. The number of nitrogens with zero attached hydrogens (tertiary/aromatic N) is 1. The van der Waals surface area contributed by atoms with Crippen LogP contribution < -0.4 is 10.1 Å². The SMILES string of the molecule is COc1ccc2oc(-c3csc(NC(=O)c4ccccc4Br)n3)cc2c1. The van der Waals surface area contributed by atoms with Crippen molar-refractivity contribution in [1.29, 1.82) is 0 Å². The summed E-state index contributed by atoms with van der Waals surface area (Å²) in [5.41, 5.74) is 1.99. The van der Waals surface area contributed by atoms with Crippen LogP contribution in [-0.2, 0) is 0 Å². The highest BCUT2D eigenvalue weighted by Crippen LogP contribution is 2.32. The van der Waals surface area contributed by atoms with Crippen molar-refractivity contribution in [2.24, 2.45) is 0 Å². The summed E-state index contributed by atoms with van der Waals surface area (Å²) in [6.45, 7) is 0. The molecule has 0 saturated heterocycles. The molecule has 1 amide bonds. The second-order valence-electron chi connectivity index (χ2n) is 5.49. The van der Waals surface area contributed by atoms with Gasteiger partial charge in [0.25, 0.3) is 5.91 Å². The van der Waals surface area contributed by atoms with E-state index in [1.54, 1.807) is 13.2 Å². The molecular formula is C19H13BrN2O3S. The van der Waals surface area contributed by atoms with Crippen LogP contribution >= 0.6 is 27.3 Å². The first-order chi connectivity index (χ1) is 12.6. The molecule has 7 heteroatoms. The van der Waals surface area contributed by atoms with Crippen LogP contribution in [0.5, 0.6) is 5.75 Å². The quantitative estimate of drug-likeness (QED) is 0.460. The number of nitrogens with one attached hydrogen (secondary N) is 1. The molecule has 2 aromatic heterocycles. The number of thiazole rings is 1. The molecule has 0 atom stereocenters. The van der Waals surface area contributed by atoms with Gasteiger partial charge in [-0.05, 0) is 52.3 Å². The van der Waals surface area contributed by atoms with Crippen LogP contribution in [-0.4, -0.2) is 18.0 Å². The summed E-state index contributed by atoms with van der Waals surface area (Å²) in [5, 5.41) is 6.12. The number of benzene rings is 2. The predicted molar refractivity (Wildman–Crippen MR) is 106 cm³/mol. The molecule has 1 N–H and O–H groups in total. The Hall–Kier alpha value is -2.64. The highest BCUT2D eigenvalue weighted by Gasteiger charge is 2.14. The molecule has 0 spiro atoms. The van der Waals surface area contributed by atoms with Gasteiger partial charge in [0.1, 0.15) is 17.0 Å². The minimum Gasteiger partial charge on any atom is -0.497 e. The monoisotopic (exact) mass is 428 g/mol. The molecule has 0 radical (unpaired) electrons. The lowest BCUT2D eigenvalue weighted by Gasteiger charge is -2.03. The molecule has 0 saturated carbocycles. The van der Waals surface area contributed by atoms with Crippen molar-refractivity contribution >= 4 is 49.3 Å². The fourth-order valence-electron chi connectivity index (χ4n) is 2.53. The van der Waals surface area contributed by atoms with Crippen molar-refractivity contribution in [3.05, 3.63) is 63.9 Å². The van der Waals surface area contributed by atoms with Crippen LogP contribution in [0, 0.1) is 0 Å². The Labute approximate surface area is 161 Å².